The summed E-state index contributed by atoms with van der Waals surface area (Å²) in [7, 11) is 0. The maximum Gasteiger partial charge on any atom is 0.417 e. The molecule has 0 atom stereocenters. The van der Waals surface area contributed by atoms with Crippen LogP contribution in [0.1, 0.15) is 21.5 Å². The van der Waals surface area contributed by atoms with Gasteiger partial charge in [-0.05, 0) is 48.5 Å². The van der Waals surface area contributed by atoms with Gasteiger partial charge < -0.3 is 10.1 Å². The normalized spacial score (nSPS) is 10.6. The third-order valence-electron chi connectivity index (χ3n) is 3.89. The SMILES string of the molecule is O=C(NCC#Cc1ccccc1C(F)(F)F)c1ccc(Oc2ccccc2)cc1. The second kappa shape index (κ2) is 8.98. The van der Waals surface area contributed by atoms with Crippen molar-refractivity contribution in [3.63, 3.8) is 0 Å². The van der Waals surface area contributed by atoms with Gasteiger partial charge >= 0.3 is 6.18 Å². The van der Waals surface area contributed by atoms with E-state index in [0.29, 0.717) is 17.1 Å². The molecule has 6 heteroatoms. The van der Waals surface area contributed by atoms with E-state index in [9.17, 15) is 18.0 Å². The molecule has 0 aliphatic rings. The van der Waals surface area contributed by atoms with E-state index in [1.165, 1.54) is 18.2 Å². The van der Waals surface area contributed by atoms with Crippen LogP contribution in [-0.4, -0.2) is 12.5 Å². The van der Waals surface area contributed by atoms with Crippen LogP contribution in [-0.2, 0) is 6.18 Å². The van der Waals surface area contributed by atoms with Crippen LogP contribution < -0.4 is 10.1 Å². The minimum Gasteiger partial charge on any atom is -0.457 e. The van der Waals surface area contributed by atoms with Gasteiger partial charge in [0.05, 0.1) is 12.1 Å². The predicted octanol–water partition coefficient (Wildman–Crippen LogP) is 5.28. The Morgan fingerprint density at radius 2 is 1.48 bits per heavy atom. The molecule has 0 aliphatic carbocycles. The zero-order chi connectivity index (χ0) is 20.7. The van der Waals surface area contributed by atoms with E-state index in [1.54, 1.807) is 24.3 Å². The van der Waals surface area contributed by atoms with E-state index in [2.05, 4.69) is 17.2 Å². The first kappa shape index (κ1) is 20.0. The van der Waals surface area contributed by atoms with Gasteiger partial charge in [0, 0.05) is 11.1 Å². The molecule has 1 amide bonds. The van der Waals surface area contributed by atoms with Crippen LogP contribution >= 0.6 is 0 Å². The van der Waals surface area contributed by atoms with Crippen LogP contribution in [0.5, 0.6) is 11.5 Å². The highest BCUT2D eigenvalue weighted by Gasteiger charge is 2.32. The quantitative estimate of drug-likeness (QED) is 0.611. The monoisotopic (exact) mass is 395 g/mol. The molecule has 3 rings (SSSR count). The number of nitrogens with one attached hydrogen (secondary N) is 1. The first-order chi connectivity index (χ1) is 13.9. The highest BCUT2D eigenvalue weighted by molar-refractivity contribution is 5.94. The molecule has 0 aliphatic heterocycles. The Bertz CT molecular complexity index is 1030. The Balaban J connectivity index is 1.58. The lowest BCUT2D eigenvalue weighted by molar-refractivity contribution is -0.137. The van der Waals surface area contributed by atoms with Crippen LogP contribution in [0.4, 0.5) is 13.2 Å². The summed E-state index contributed by atoms with van der Waals surface area (Å²) in [5.74, 6) is 5.89. The van der Waals surface area contributed by atoms with Crippen LogP contribution in [0.15, 0.2) is 78.9 Å². The molecule has 146 valence electrons. The molecule has 3 aromatic carbocycles. The second-order valence-corrected chi connectivity index (χ2v) is 5.97. The van der Waals surface area contributed by atoms with Crippen molar-refractivity contribution in [1.29, 1.82) is 0 Å². The lowest BCUT2D eigenvalue weighted by Crippen LogP contribution is -2.23. The average Bonchev–Trinajstić information content (AvgIpc) is 2.72. The summed E-state index contributed by atoms with van der Waals surface area (Å²) in [4.78, 5) is 12.2. The molecule has 0 saturated carbocycles. The summed E-state index contributed by atoms with van der Waals surface area (Å²) in [6, 6.07) is 20.8. The first-order valence-corrected chi connectivity index (χ1v) is 8.70. The van der Waals surface area contributed by atoms with Crippen molar-refractivity contribution in [3.05, 3.63) is 95.6 Å². The molecule has 0 bridgehead atoms. The summed E-state index contributed by atoms with van der Waals surface area (Å²) < 4.78 is 44.4. The maximum absolute atomic E-state index is 12.9. The Hall–Kier alpha value is -3.72. The van der Waals surface area contributed by atoms with Gasteiger partial charge in [-0.25, -0.2) is 0 Å². The molecular weight excluding hydrogens is 379 g/mol. The zero-order valence-corrected chi connectivity index (χ0v) is 15.2. The van der Waals surface area contributed by atoms with Crippen LogP contribution in [0, 0.1) is 11.8 Å². The highest BCUT2D eigenvalue weighted by atomic mass is 19.4. The number of para-hydroxylation sites is 1. The zero-order valence-electron chi connectivity index (χ0n) is 15.2. The van der Waals surface area contributed by atoms with Crippen molar-refractivity contribution in [3.8, 4) is 23.3 Å². The Labute approximate surface area is 166 Å². The van der Waals surface area contributed by atoms with Gasteiger partial charge in [0.15, 0.2) is 0 Å². The summed E-state index contributed by atoms with van der Waals surface area (Å²) in [6.07, 6.45) is -4.47. The van der Waals surface area contributed by atoms with Crippen molar-refractivity contribution < 1.29 is 22.7 Å². The minimum atomic E-state index is -4.47. The van der Waals surface area contributed by atoms with Crippen LogP contribution in [0.25, 0.3) is 0 Å². The van der Waals surface area contributed by atoms with Crippen molar-refractivity contribution in [2.45, 2.75) is 6.18 Å². The second-order valence-electron chi connectivity index (χ2n) is 5.97. The fourth-order valence-electron chi connectivity index (χ4n) is 2.50. The van der Waals surface area contributed by atoms with Crippen molar-refractivity contribution in [1.82, 2.24) is 5.32 Å². The molecular formula is C23H16F3NO2. The highest BCUT2D eigenvalue weighted by Crippen LogP contribution is 2.31. The third kappa shape index (κ3) is 5.63. The fraction of sp³-hybridized carbons (Fsp3) is 0.0870. The van der Waals surface area contributed by atoms with Gasteiger partial charge in [-0.1, -0.05) is 42.2 Å². The number of carbonyl (C=O) groups is 1. The molecule has 3 aromatic rings. The summed E-state index contributed by atoms with van der Waals surface area (Å²) in [5, 5.41) is 2.56. The molecule has 29 heavy (non-hydrogen) atoms. The fourth-order valence-corrected chi connectivity index (χ4v) is 2.50. The number of rotatable bonds is 4. The van der Waals surface area contributed by atoms with E-state index in [-0.39, 0.29) is 18.0 Å². The Morgan fingerprint density at radius 3 is 2.17 bits per heavy atom. The number of halogens is 3. The number of hydrogen-bond donors (Lipinski definition) is 1. The summed E-state index contributed by atoms with van der Waals surface area (Å²) in [6.45, 7) is -0.0761. The molecule has 3 nitrogen and oxygen atoms in total. The summed E-state index contributed by atoms with van der Waals surface area (Å²) in [5.41, 5.74) is -0.535. The average molecular weight is 395 g/mol. The molecule has 1 N–H and O–H groups in total. The van der Waals surface area contributed by atoms with E-state index < -0.39 is 11.7 Å². The number of ether oxygens (including phenoxy) is 1. The van der Waals surface area contributed by atoms with Gasteiger partial charge in [0.2, 0.25) is 0 Å². The maximum atomic E-state index is 12.9. The van der Waals surface area contributed by atoms with Crippen molar-refractivity contribution in [2.24, 2.45) is 0 Å². The van der Waals surface area contributed by atoms with E-state index in [0.717, 1.165) is 6.07 Å². The van der Waals surface area contributed by atoms with E-state index >= 15 is 0 Å². The van der Waals surface area contributed by atoms with Gasteiger partial charge in [-0.2, -0.15) is 13.2 Å². The largest absolute Gasteiger partial charge is 0.457 e. The Kier molecular flexibility index (Phi) is 6.20. The van der Waals surface area contributed by atoms with Crippen LogP contribution in [0.3, 0.4) is 0 Å². The first-order valence-electron chi connectivity index (χ1n) is 8.70. The van der Waals surface area contributed by atoms with Crippen LogP contribution in [0.2, 0.25) is 0 Å². The molecule has 0 radical (unpaired) electrons. The molecule has 0 fully saturated rings. The van der Waals surface area contributed by atoms with Crippen molar-refractivity contribution in [2.75, 3.05) is 6.54 Å². The van der Waals surface area contributed by atoms with Gasteiger partial charge in [-0.15, -0.1) is 0 Å². The minimum absolute atomic E-state index is 0.0761. The predicted molar refractivity (Wildman–Crippen MR) is 104 cm³/mol. The molecule has 0 unspecified atom stereocenters. The van der Waals surface area contributed by atoms with Gasteiger partial charge in [-0.3, -0.25) is 4.79 Å². The number of alkyl halides is 3. The van der Waals surface area contributed by atoms with E-state index in [1.807, 2.05) is 30.3 Å². The lowest BCUT2D eigenvalue weighted by Gasteiger charge is -2.08. The standard InChI is InChI=1S/C23H16F3NO2/c24-23(25,26)21-11-5-4-7-17(21)8-6-16-27-22(28)18-12-14-20(15-13-18)29-19-9-2-1-3-10-19/h1-5,7,9-15H,16H2,(H,27,28). The van der Waals surface area contributed by atoms with Gasteiger partial charge in [0.1, 0.15) is 11.5 Å². The number of carbonyl (C=O) groups excluding carboxylic acids is 1. The third-order valence-corrected chi connectivity index (χ3v) is 3.89. The van der Waals surface area contributed by atoms with E-state index in [4.69, 9.17) is 4.74 Å². The molecule has 0 saturated heterocycles. The topological polar surface area (TPSA) is 38.3 Å². The molecule has 0 aromatic heterocycles. The smallest absolute Gasteiger partial charge is 0.417 e. The Morgan fingerprint density at radius 1 is 0.862 bits per heavy atom. The lowest BCUT2D eigenvalue weighted by atomic mass is 10.1. The summed E-state index contributed by atoms with van der Waals surface area (Å²) >= 11 is 0. The molecule has 0 spiro atoms. The van der Waals surface area contributed by atoms with Crippen molar-refractivity contribution >= 4 is 5.91 Å². The number of benzene rings is 3. The molecule has 0 heterocycles. The van der Waals surface area contributed by atoms with Gasteiger partial charge in [0.25, 0.3) is 5.91 Å². The number of hydrogen-bond acceptors (Lipinski definition) is 2. The number of amides is 1.